The van der Waals surface area contributed by atoms with Crippen LogP contribution in [-0.2, 0) is 23.6 Å². The van der Waals surface area contributed by atoms with E-state index in [4.69, 9.17) is 0 Å². The van der Waals surface area contributed by atoms with Gasteiger partial charge in [-0.3, -0.25) is 9.71 Å². The molecule has 1 N–H and O–H groups in total. The van der Waals surface area contributed by atoms with Gasteiger partial charge in [0.2, 0.25) is 0 Å². The summed E-state index contributed by atoms with van der Waals surface area (Å²) >= 11 is 0. The molecule has 1 aromatic carbocycles. The van der Waals surface area contributed by atoms with Crippen LogP contribution < -0.4 is 4.72 Å². The van der Waals surface area contributed by atoms with Crippen LogP contribution in [0.1, 0.15) is 17.0 Å². The van der Waals surface area contributed by atoms with Crippen molar-refractivity contribution in [3.63, 3.8) is 0 Å². The Bertz CT molecular complexity index is 804. The van der Waals surface area contributed by atoms with Crippen LogP contribution in [0.4, 0.5) is 0 Å². The lowest BCUT2D eigenvalue weighted by Gasteiger charge is -2.03. The van der Waals surface area contributed by atoms with Crippen molar-refractivity contribution in [2.45, 2.75) is 18.4 Å². The van der Waals surface area contributed by atoms with Crippen LogP contribution in [0.2, 0.25) is 0 Å². The van der Waals surface area contributed by atoms with Gasteiger partial charge in [0, 0.05) is 24.0 Å². The predicted molar refractivity (Wildman–Crippen MR) is 77.2 cm³/mol. The number of benzene rings is 1. The zero-order chi connectivity index (χ0) is 14.3. The minimum absolute atomic E-state index is 0.293. The van der Waals surface area contributed by atoms with E-state index in [1.807, 2.05) is 36.7 Å². The Hall–Kier alpha value is -2.08. The van der Waals surface area contributed by atoms with Crippen molar-refractivity contribution in [3.8, 4) is 0 Å². The Labute approximate surface area is 118 Å². The first-order chi connectivity index (χ1) is 9.49. The number of nitrogens with zero attached hydrogens (tertiary/aromatic N) is 2. The van der Waals surface area contributed by atoms with Crippen LogP contribution >= 0.6 is 0 Å². The molecule has 0 saturated carbocycles. The van der Waals surface area contributed by atoms with Gasteiger partial charge in [-0.15, -0.1) is 0 Å². The van der Waals surface area contributed by atoms with Crippen LogP contribution in [0, 0.1) is 6.92 Å². The smallest absolute Gasteiger partial charge is 0.263 e. The second-order valence-electron chi connectivity index (χ2n) is 4.79. The van der Waals surface area contributed by atoms with Crippen LogP contribution in [0.5, 0.6) is 0 Å². The van der Waals surface area contributed by atoms with E-state index in [2.05, 4.69) is 9.71 Å². The number of fused-ring (bicyclic) bond motifs is 1. The molecule has 0 radical (unpaired) electrons. The van der Waals surface area contributed by atoms with Gasteiger partial charge in [-0.25, -0.2) is 8.42 Å². The van der Waals surface area contributed by atoms with E-state index in [9.17, 15) is 8.42 Å². The number of amidine groups is 1. The first-order valence-electron chi connectivity index (χ1n) is 6.27. The van der Waals surface area contributed by atoms with Gasteiger partial charge in [0.05, 0.1) is 11.4 Å². The third-order valence-electron chi connectivity index (χ3n) is 3.54. The maximum atomic E-state index is 11.9. The second-order valence-corrected chi connectivity index (χ2v) is 6.44. The number of aryl methyl sites for hydroxylation is 1. The molecule has 1 aliphatic rings. The van der Waals surface area contributed by atoms with Crippen LogP contribution in [0.25, 0.3) is 0 Å². The molecule has 2 heterocycles. The van der Waals surface area contributed by atoms with Crippen molar-refractivity contribution in [3.05, 3.63) is 53.3 Å². The first-order valence-corrected chi connectivity index (χ1v) is 7.75. The van der Waals surface area contributed by atoms with Crippen LogP contribution in [0.15, 0.2) is 46.3 Å². The molecule has 1 aliphatic heterocycles. The summed E-state index contributed by atoms with van der Waals surface area (Å²) in [5.41, 5.74) is 2.82. The Balaban J connectivity index is 1.97. The van der Waals surface area contributed by atoms with Gasteiger partial charge in [-0.1, -0.05) is 12.1 Å². The normalized spacial score (nSPS) is 18.0. The highest BCUT2D eigenvalue weighted by Gasteiger charge is 2.29. The fourth-order valence-corrected chi connectivity index (χ4v) is 3.49. The molecule has 5 nitrogen and oxygen atoms in total. The Morgan fingerprint density at radius 1 is 1.20 bits per heavy atom. The summed E-state index contributed by atoms with van der Waals surface area (Å²) in [4.78, 5) is 4.70. The Morgan fingerprint density at radius 2 is 1.95 bits per heavy atom. The molecule has 0 bridgehead atoms. The number of sulfonamides is 1. The van der Waals surface area contributed by atoms with Crippen molar-refractivity contribution in [1.29, 1.82) is 0 Å². The number of nitrogens with one attached hydrogen (secondary N) is 1. The van der Waals surface area contributed by atoms with E-state index in [1.54, 1.807) is 18.2 Å². The molecular formula is C14H15N3O2S. The van der Waals surface area contributed by atoms with E-state index >= 15 is 0 Å². The molecular weight excluding hydrogens is 274 g/mol. The van der Waals surface area contributed by atoms with Gasteiger partial charge in [0.25, 0.3) is 10.0 Å². The number of rotatable bonds is 2. The molecule has 0 saturated heterocycles. The lowest BCUT2D eigenvalue weighted by Crippen LogP contribution is -2.22. The summed E-state index contributed by atoms with van der Waals surface area (Å²) < 4.78 is 28.4. The van der Waals surface area contributed by atoms with Crippen molar-refractivity contribution in [2.75, 3.05) is 0 Å². The molecule has 20 heavy (non-hydrogen) atoms. The van der Waals surface area contributed by atoms with Gasteiger partial charge < -0.3 is 4.57 Å². The maximum absolute atomic E-state index is 11.9. The van der Waals surface area contributed by atoms with Gasteiger partial charge in [0.1, 0.15) is 5.84 Å². The molecule has 0 aliphatic carbocycles. The SMILES string of the molecule is Cc1ccc(CN=C2NS(=O)(=O)c3ccccc32)n1C. The number of aromatic nitrogens is 1. The summed E-state index contributed by atoms with van der Waals surface area (Å²) in [5, 5.41) is 0. The minimum atomic E-state index is -3.45. The number of aliphatic imine (C=N–C) groups is 1. The van der Waals surface area contributed by atoms with Crippen LogP contribution in [0.3, 0.4) is 0 Å². The van der Waals surface area contributed by atoms with E-state index in [-0.39, 0.29) is 0 Å². The molecule has 3 rings (SSSR count). The van der Waals surface area contributed by atoms with E-state index < -0.39 is 10.0 Å². The first kappa shape index (κ1) is 12.9. The topological polar surface area (TPSA) is 63.5 Å². The molecule has 104 valence electrons. The van der Waals surface area contributed by atoms with E-state index in [0.717, 1.165) is 11.4 Å². The summed E-state index contributed by atoms with van der Waals surface area (Å²) in [5.74, 6) is 0.416. The molecule has 0 spiro atoms. The molecule has 0 amide bonds. The Morgan fingerprint density at radius 3 is 2.65 bits per heavy atom. The fraction of sp³-hybridized carbons (Fsp3) is 0.214. The van der Waals surface area contributed by atoms with Gasteiger partial charge in [-0.05, 0) is 31.2 Å². The highest BCUT2D eigenvalue weighted by Crippen LogP contribution is 2.22. The monoisotopic (exact) mass is 289 g/mol. The van der Waals surface area contributed by atoms with Crippen molar-refractivity contribution >= 4 is 15.9 Å². The fourth-order valence-electron chi connectivity index (χ4n) is 2.24. The summed E-state index contributed by atoms with van der Waals surface area (Å²) in [6.45, 7) is 2.46. The second kappa shape index (κ2) is 4.49. The van der Waals surface area contributed by atoms with Gasteiger partial charge >= 0.3 is 0 Å². The van der Waals surface area contributed by atoms with Gasteiger partial charge in [-0.2, -0.15) is 0 Å². The van der Waals surface area contributed by atoms with E-state index in [1.165, 1.54) is 0 Å². The zero-order valence-corrected chi connectivity index (χ0v) is 12.1. The highest BCUT2D eigenvalue weighted by molar-refractivity contribution is 7.90. The third-order valence-corrected chi connectivity index (χ3v) is 4.94. The highest BCUT2D eigenvalue weighted by atomic mass is 32.2. The largest absolute Gasteiger partial charge is 0.350 e. The van der Waals surface area contributed by atoms with Crippen LogP contribution in [-0.4, -0.2) is 18.8 Å². The van der Waals surface area contributed by atoms with Crippen molar-refractivity contribution in [1.82, 2.24) is 9.29 Å². The van der Waals surface area contributed by atoms with Crippen molar-refractivity contribution < 1.29 is 8.42 Å². The summed E-state index contributed by atoms with van der Waals surface area (Å²) in [6.07, 6.45) is 0. The number of hydrogen-bond donors (Lipinski definition) is 1. The van der Waals surface area contributed by atoms with E-state index in [0.29, 0.717) is 22.8 Å². The quantitative estimate of drug-likeness (QED) is 0.912. The molecule has 0 unspecified atom stereocenters. The lowest BCUT2D eigenvalue weighted by atomic mass is 10.2. The predicted octanol–water partition coefficient (Wildman–Crippen LogP) is 1.57. The maximum Gasteiger partial charge on any atom is 0.263 e. The lowest BCUT2D eigenvalue weighted by molar-refractivity contribution is 0.595. The third kappa shape index (κ3) is 2.02. The standard InChI is InChI=1S/C14H15N3O2S/c1-10-7-8-11(17(10)2)9-15-14-12-5-3-4-6-13(12)20(18,19)16-14/h3-8H,9H2,1-2H3,(H,15,16). The number of hydrogen-bond acceptors (Lipinski definition) is 3. The molecule has 1 aromatic heterocycles. The molecule has 0 fully saturated rings. The Kier molecular flexibility index (Phi) is 2.90. The molecule has 0 atom stereocenters. The molecule has 2 aromatic rings. The average molecular weight is 289 g/mol. The minimum Gasteiger partial charge on any atom is -0.350 e. The average Bonchev–Trinajstić information content (AvgIpc) is 2.88. The van der Waals surface area contributed by atoms with Gasteiger partial charge in [0.15, 0.2) is 0 Å². The molecule has 6 heteroatoms. The summed E-state index contributed by atoms with van der Waals surface area (Å²) in [7, 11) is -1.48. The zero-order valence-electron chi connectivity index (χ0n) is 11.3. The summed E-state index contributed by atoms with van der Waals surface area (Å²) in [6, 6.07) is 10.9. The van der Waals surface area contributed by atoms with Crippen molar-refractivity contribution in [2.24, 2.45) is 12.0 Å².